The number of halogens is 2. The van der Waals surface area contributed by atoms with Gasteiger partial charge in [0.2, 0.25) is 0 Å². The van der Waals surface area contributed by atoms with Gasteiger partial charge in [-0.1, -0.05) is 11.6 Å². The lowest BCUT2D eigenvalue weighted by atomic mass is 10.3. The third-order valence-electron chi connectivity index (χ3n) is 2.20. The Labute approximate surface area is 114 Å². The van der Waals surface area contributed by atoms with Gasteiger partial charge in [0.1, 0.15) is 5.15 Å². The van der Waals surface area contributed by atoms with E-state index in [4.69, 9.17) is 11.6 Å². The second-order valence-electron chi connectivity index (χ2n) is 3.37. The monoisotopic (exact) mass is 334 g/mol. The van der Waals surface area contributed by atoms with Gasteiger partial charge in [-0.15, -0.1) is 11.3 Å². The third kappa shape index (κ3) is 3.08. The summed E-state index contributed by atoms with van der Waals surface area (Å²) < 4.78 is 2.17. The lowest BCUT2D eigenvalue weighted by molar-refractivity contribution is 0.631. The number of rotatable bonds is 3. The zero-order chi connectivity index (χ0) is 12.4. The minimum atomic E-state index is -0.474. The summed E-state index contributed by atoms with van der Waals surface area (Å²) in [6.45, 7) is 0.346. The van der Waals surface area contributed by atoms with E-state index in [1.165, 1.54) is 6.07 Å². The van der Waals surface area contributed by atoms with Crippen molar-refractivity contribution in [1.82, 2.24) is 9.55 Å². The van der Waals surface area contributed by atoms with Crippen molar-refractivity contribution in [3.05, 3.63) is 52.9 Å². The fourth-order valence-corrected chi connectivity index (χ4v) is 3.06. The van der Waals surface area contributed by atoms with Crippen LogP contribution in [0.3, 0.4) is 0 Å². The molecular weight excluding hydrogens is 328 g/mol. The molecule has 0 bridgehead atoms. The van der Waals surface area contributed by atoms with Crippen molar-refractivity contribution in [1.29, 1.82) is 0 Å². The quantitative estimate of drug-likeness (QED) is 0.875. The van der Waals surface area contributed by atoms with Crippen LogP contribution in [0.5, 0.6) is 0 Å². The predicted molar refractivity (Wildman–Crippen MR) is 72.1 cm³/mol. The number of thiophene rings is 1. The summed E-state index contributed by atoms with van der Waals surface area (Å²) in [7, 11) is 0. The molecule has 2 heterocycles. The molecule has 1 N–H and O–H groups in total. The van der Waals surface area contributed by atoms with Gasteiger partial charge in [0.15, 0.2) is 0 Å². The molecule has 0 aliphatic heterocycles. The van der Waals surface area contributed by atoms with Crippen molar-refractivity contribution in [2.75, 3.05) is 0 Å². The maximum Gasteiger partial charge on any atom is 0.329 e. The van der Waals surface area contributed by atoms with Gasteiger partial charge in [-0.3, -0.25) is 14.3 Å². The minimum absolute atomic E-state index is 0.0649. The van der Waals surface area contributed by atoms with Crippen LogP contribution in [0.1, 0.15) is 4.88 Å². The first-order chi connectivity index (χ1) is 8.06. The van der Waals surface area contributed by atoms with E-state index in [9.17, 15) is 9.59 Å². The van der Waals surface area contributed by atoms with Crippen LogP contribution in [0.25, 0.3) is 0 Å². The topological polar surface area (TPSA) is 54.9 Å². The fraction of sp³-hybridized carbons (Fsp3) is 0.200. The second-order valence-corrected chi connectivity index (χ2v) is 6.32. The smallest absolute Gasteiger partial charge is 0.298 e. The Morgan fingerprint density at radius 1 is 1.41 bits per heavy atom. The summed E-state index contributed by atoms with van der Waals surface area (Å²) in [5, 5.41) is 0.0649. The molecule has 0 radical (unpaired) electrons. The zero-order valence-electron chi connectivity index (χ0n) is 8.57. The summed E-state index contributed by atoms with van der Waals surface area (Å²) in [5.74, 6) is 0. The summed E-state index contributed by atoms with van der Waals surface area (Å²) in [4.78, 5) is 26.5. The molecule has 90 valence electrons. The first-order valence-electron chi connectivity index (χ1n) is 4.80. The maximum absolute atomic E-state index is 11.5. The van der Waals surface area contributed by atoms with Crippen molar-refractivity contribution >= 4 is 38.9 Å². The molecular formula is C10H8BrClN2O2S. The van der Waals surface area contributed by atoms with Crippen molar-refractivity contribution < 1.29 is 0 Å². The van der Waals surface area contributed by atoms with E-state index in [1.54, 1.807) is 11.3 Å². The van der Waals surface area contributed by atoms with Crippen molar-refractivity contribution in [3.8, 4) is 0 Å². The summed E-state index contributed by atoms with van der Waals surface area (Å²) in [6.07, 6.45) is 0.640. The van der Waals surface area contributed by atoms with E-state index in [2.05, 4.69) is 20.9 Å². The normalized spacial score (nSPS) is 10.7. The third-order valence-corrected chi connectivity index (χ3v) is 4.09. The molecule has 2 aromatic rings. The predicted octanol–water partition coefficient (Wildman–Crippen LogP) is 2.26. The molecule has 4 nitrogen and oxygen atoms in total. The molecule has 7 heteroatoms. The van der Waals surface area contributed by atoms with Gasteiger partial charge in [-0.05, 0) is 28.1 Å². The van der Waals surface area contributed by atoms with Crippen LogP contribution >= 0.6 is 38.9 Å². The van der Waals surface area contributed by atoms with Crippen LogP contribution in [0.2, 0.25) is 5.15 Å². The highest BCUT2D eigenvalue weighted by Crippen LogP contribution is 2.22. The van der Waals surface area contributed by atoms with Crippen molar-refractivity contribution in [2.45, 2.75) is 13.0 Å². The Kier molecular flexibility index (Phi) is 3.86. The first kappa shape index (κ1) is 12.6. The van der Waals surface area contributed by atoms with Gasteiger partial charge in [0.05, 0.1) is 3.79 Å². The van der Waals surface area contributed by atoms with Crippen molar-refractivity contribution in [2.24, 2.45) is 0 Å². The zero-order valence-corrected chi connectivity index (χ0v) is 11.7. The van der Waals surface area contributed by atoms with Crippen molar-refractivity contribution in [3.63, 3.8) is 0 Å². The highest BCUT2D eigenvalue weighted by molar-refractivity contribution is 9.11. The molecule has 17 heavy (non-hydrogen) atoms. The van der Waals surface area contributed by atoms with E-state index >= 15 is 0 Å². The number of nitrogens with one attached hydrogen (secondary N) is 1. The first-order valence-corrected chi connectivity index (χ1v) is 6.79. The Morgan fingerprint density at radius 2 is 2.18 bits per heavy atom. The SMILES string of the molecule is O=c1cc(Cl)[nH]c(=O)n1CCc1ccc(Br)s1. The molecule has 0 fully saturated rings. The molecule has 0 unspecified atom stereocenters. The number of hydrogen-bond donors (Lipinski definition) is 1. The second kappa shape index (κ2) is 5.20. The van der Waals surface area contributed by atoms with Gasteiger partial charge >= 0.3 is 5.69 Å². The summed E-state index contributed by atoms with van der Waals surface area (Å²) in [6, 6.07) is 5.10. The molecule has 0 atom stereocenters. The highest BCUT2D eigenvalue weighted by atomic mass is 79.9. The summed E-state index contributed by atoms with van der Waals surface area (Å²) in [5.41, 5.74) is -0.854. The molecule has 0 amide bonds. The Bertz CT molecular complexity index is 615. The number of aromatic nitrogens is 2. The average molecular weight is 336 g/mol. The van der Waals surface area contributed by atoms with Gasteiger partial charge in [-0.25, -0.2) is 4.79 Å². The number of aromatic amines is 1. The van der Waals surface area contributed by atoms with Crippen LogP contribution in [0.4, 0.5) is 0 Å². The lowest BCUT2D eigenvalue weighted by Crippen LogP contribution is -2.34. The Balaban J connectivity index is 2.20. The molecule has 2 rings (SSSR count). The number of aryl methyl sites for hydroxylation is 1. The lowest BCUT2D eigenvalue weighted by Gasteiger charge is -2.02. The number of nitrogens with zero attached hydrogens (tertiary/aromatic N) is 1. The van der Waals surface area contributed by atoms with Crippen LogP contribution in [0.15, 0.2) is 31.6 Å². The molecule has 0 aliphatic rings. The number of hydrogen-bond acceptors (Lipinski definition) is 3. The maximum atomic E-state index is 11.5. The van der Waals surface area contributed by atoms with E-state index < -0.39 is 5.69 Å². The standard InChI is InChI=1S/C10H8BrClN2O2S/c11-7-2-1-6(17-7)3-4-14-9(15)5-8(12)13-10(14)16/h1-2,5H,3-4H2,(H,13,16). The molecule has 0 aromatic carbocycles. The van der Waals surface area contributed by atoms with Gasteiger partial charge in [0.25, 0.3) is 5.56 Å². The average Bonchev–Trinajstić information content (AvgIpc) is 2.62. The van der Waals surface area contributed by atoms with E-state index in [0.717, 1.165) is 13.2 Å². The van der Waals surface area contributed by atoms with E-state index in [1.807, 2.05) is 12.1 Å². The van der Waals surface area contributed by atoms with Crippen LogP contribution in [-0.2, 0) is 13.0 Å². The fourth-order valence-electron chi connectivity index (χ4n) is 1.41. The van der Waals surface area contributed by atoms with Crippen LogP contribution in [0, 0.1) is 0 Å². The minimum Gasteiger partial charge on any atom is -0.298 e. The van der Waals surface area contributed by atoms with Crippen LogP contribution < -0.4 is 11.2 Å². The Morgan fingerprint density at radius 3 is 2.76 bits per heavy atom. The largest absolute Gasteiger partial charge is 0.329 e. The van der Waals surface area contributed by atoms with Crippen LogP contribution in [-0.4, -0.2) is 9.55 Å². The molecule has 0 spiro atoms. The number of H-pyrrole nitrogens is 1. The van der Waals surface area contributed by atoms with Gasteiger partial charge in [-0.2, -0.15) is 0 Å². The summed E-state index contributed by atoms with van der Waals surface area (Å²) >= 11 is 10.5. The molecule has 0 aliphatic carbocycles. The molecule has 0 saturated heterocycles. The van der Waals surface area contributed by atoms with Gasteiger partial charge in [0, 0.05) is 23.9 Å². The highest BCUT2D eigenvalue weighted by Gasteiger charge is 2.04. The Hall–Kier alpha value is -0.850. The van der Waals surface area contributed by atoms with E-state index in [-0.39, 0.29) is 10.7 Å². The van der Waals surface area contributed by atoms with Gasteiger partial charge < -0.3 is 0 Å². The molecule has 0 saturated carbocycles. The molecule has 2 aromatic heterocycles. The van der Waals surface area contributed by atoms with E-state index in [0.29, 0.717) is 13.0 Å².